The number of amides is 1. The topological polar surface area (TPSA) is 72.9 Å². The lowest BCUT2D eigenvalue weighted by Crippen LogP contribution is -2.31. The average molecular weight is 362 g/mol. The highest BCUT2D eigenvalue weighted by molar-refractivity contribution is 6.00. The van der Waals surface area contributed by atoms with Crippen molar-refractivity contribution in [2.24, 2.45) is 11.7 Å². The van der Waals surface area contributed by atoms with E-state index < -0.39 is 0 Å². The molecule has 0 spiro atoms. The van der Waals surface area contributed by atoms with Crippen molar-refractivity contribution in [1.29, 1.82) is 0 Å². The summed E-state index contributed by atoms with van der Waals surface area (Å²) >= 11 is 0. The Balaban J connectivity index is 2.04. The number of benzene rings is 2. The number of nitrogens with two attached hydrogens (primary N) is 1. The minimum absolute atomic E-state index is 0.132. The number of hydrogen-bond donors (Lipinski definition) is 2. The summed E-state index contributed by atoms with van der Waals surface area (Å²) < 4.78 is 1.76. The van der Waals surface area contributed by atoms with Gasteiger partial charge < -0.3 is 11.1 Å². The normalized spacial score (nSPS) is 12.0. The maximum Gasteiger partial charge on any atom is 0.255 e. The molecule has 0 aliphatic carbocycles. The number of para-hydroxylation sites is 1. The van der Waals surface area contributed by atoms with Crippen molar-refractivity contribution in [1.82, 2.24) is 15.1 Å². The molecular formula is C22H26N4O. The molecule has 5 nitrogen and oxygen atoms in total. The first-order valence-electron chi connectivity index (χ1n) is 9.20. The molecule has 0 fully saturated rings. The number of rotatable bonds is 6. The molecule has 0 aliphatic rings. The van der Waals surface area contributed by atoms with Gasteiger partial charge in [-0.15, -0.1) is 0 Å². The van der Waals surface area contributed by atoms with Gasteiger partial charge in [0, 0.05) is 18.3 Å². The van der Waals surface area contributed by atoms with Crippen LogP contribution in [0.15, 0.2) is 54.7 Å². The largest absolute Gasteiger partial charge is 0.352 e. The molecule has 1 unspecified atom stereocenters. The van der Waals surface area contributed by atoms with Gasteiger partial charge >= 0.3 is 0 Å². The van der Waals surface area contributed by atoms with Crippen LogP contribution in [-0.2, 0) is 0 Å². The van der Waals surface area contributed by atoms with Gasteiger partial charge in [-0.1, -0.05) is 48.9 Å². The fraction of sp³-hybridized carbons (Fsp3) is 0.273. The van der Waals surface area contributed by atoms with E-state index in [4.69, 9.17) is 10.8 Å². The van der Waals surface area contributed by atoms with Gasteiger partial charge in [-0.25, -0.2) is 4.68 Å². The van der Waals surface area contributed by atoms with Crippen molar-refractivity contribution in [3.63, 3.8) is 0 Å². The maximum absolute atomic E-state index is 12.9. The van der Waals surface area contributed by atoms with Crippen LogP contribution in [0.25, 0.3) is 16.9 Å². The van der Waals surface area contributed by atoms with Crippen LogP contribution in [0.3, 0.4) is 0 Å². The summed E-state index contributed by atoms with van der Waals surface area (Å²) in [6.45, 7) is 7.19. The summed E-state index contributed by atoms with van der Waals surface area (Å²) in [6, 6.07) is 16.0. The van der Waals surface area contributed by atoms with Gasteiger partial charge in [-0.05, 0) is 44.0 Å². The smallest absolute Gasteiger partial charge is 0.255 e. The fourth-order valence-electron chi connectivity index (χ4n) is 2.98. The number of hydrogen-bond acceptors (Lipinski definition) is 3. The molecule has 5 heteroatoms. The quantitative estimate of drug-likeness (QED) is 0.705. The summed E-state index contributed by atoms with van der Waals surface area (Å²) in [5.74, 6) is 0.0927. The molecule has 1 heterocycles. The van der Waals surface area contributed by atoms with Gasteiger partial charge in [0.15, 0.2) is 0 Å². The van der Waals surface area contributed by atoms with Gasteiger partial charge in [0.1, 0.15) is 5.69 Å². The molecule has 0 saturated heterocycles. The van der Waals surface area contributed by atoms with Crippen LogP contribution in [0.4, 0.5) is 0 Å². The molecule has 3 aromatic rings. The Morgan fingerprint density at radius 1 is 1.19 bits per heavy atom. The van der Waals surface area contributed by atoms with E-state index in [0.29, 0.717) is 24.3 Å². The second-order valence-electron chi connectivity index (χ2n) is 7.04. The zero-order chi connectivity index (χ0) is 19.4. The molecule has 3 N–H and O–H groups in total. The monoisotopic (exact) mass is 362 g/mol. The van der Waals surface area contributed by atoms with Crippen LogP contribution in [0, 0.1) is 19.8 Å². The van der Waals surface area contributed by atoms with Crippen LogP contribution in [0.2, 0.25) is 0 Å². The summed E-state index contributed by atoms with van der Waals surface area (Å²) in [7, 11) is 0. The van der Waals surface area contributed by atoms with Gasteiger partial charge in [0.2, 0.25) is 0 Å². The maximum atomic E-state index is 12.9. The highest BCUT2D eigenvalue weighted by Gasteiger charge is 2.20. The Morgan fingerprint density at radius 3 is 2.59 bits per heavy atom. The zero-order valence-electron chi connectivity index (χ0n) is 16.1. The molecule has 0 bridgehead atoms. The third kappa shape index (κ3) is 4.26. The molecule has 1 atom stereocenters. The molecule has 1 aromatic heterocycles. The molecule has 1 amide bonds. The van der Waals surface area contributed by atoms with Crippen LogP contribution in [-0.4, -0.2) is 28.8 Å². The summed E-state index contributed by atoms with van der Waals surface area (Å²) in [6.07, 6.45) is 1.80. The Labute approximate surface area is 160 Å². The van der Waals surface area contributed by atoms with E-state index >= 15 is 0 Å². The van der Waals surface area contributed by atoms with Crippen LogP contribution < -0.4 is 11.1 Å². The first-order chi connectivity index (χ1) is 13.0. The van der Waals surface area contributed by atoms with E-state index in [9.17, 15) is 4.79 Å². The summed E-state index contributed by atoms with van der Waals surface area (Å²) in [5.41, 5.74) is 11.1. The van der Waals surface area contributed by atoms with Crippen LogP contribution >= 0.6 is 0 Å². The molecule has 0 radical (unpaired) electrons. The molecule has 0 aliphatic heterocycles. The van der Waals surface area contributed by atoms with Crippen molar-refractivity contribution in [2.75, 3.05) is 13.1 Å². The van der Waals surface area contributed by atoms with Crippen LogP contribution in [0.5, 0.6) is 0 Å². The van der Waals surface area contributed by atoms with E-state index in [1.165, 1.54) is 5.56 Å². The Morgan fingerprint density at radius 2 is 1.93 bits per heavy atom. The Kier molecular flexibility index (Phi) is 5.72. The lowest BCUT2D eigenvalue weighted by molar-refractivity contribution is 0.0949. The highest BCUT2D eigenvalue weighted by atomic mass is 16.1. The average Bonchev–Trinajstić information content (AvgIpc) is 3.11. The molecule has 3 rings (SSSR count). The molecule has 27 heavy (non-hydrogen) atoms. The van der Waals surface area contributed by atoms with Crippen molar-refractivity contribution < 1.29 is 4.79 Å². The summed E-state index contributed by atoms with van der Waals surface area (Å²) in [4.78, 5) is 12.9. The Bertz CT molecular complexity index is 931. The van der Waals surface area contributed by atoms with E-state index in [0.717, 1.165) is 16.8 Å². The zero-order valence-corrected chi connectivity index (χ0v) is 16.1. The number of aryl methyl sites for hydroxylation is 2. The molecule has 0 saturated carbocycles. The number of aromatic nitrogens is 2. The van der Waals surface area contributed by atoms with Gasteiger partial charge in [0.25, 0.3) is 5.91 Å². The molecule has 140 valence electrons. The third-order valence-electron chi connectivity index (χ3n) is 4.63. The lowest BCUT2D eigenvalue weighted by atomic mass is 10.0. The minimum atomic E-state index is -0.132. The molecular weight excluding hydrogens is 336 g/mol. The predicted octanol–water partition coefficient (Wildman–Crippen LogP) is 3.48. The van der Waals surface area contributed by atoms with E-state index in [2.05, 4.69) is 18.3 Å². The van der Waals surface area contributed by atoms with Crippen molar-refractivity contribution in [3.05, 3.63) is 71.4 Å². The van der Waals surface area contributed by atoms with Gasteiger partial charge in [0.05, 0.1) is 11.3 Å². The van der Waals surface area contributed by atoms with Crippen molar-refractivity contribution in [2.45, 2.75) is 20.8 Å². The lowest BCUT2D eigenvalue weighted by Gasteiger charge is -2.11. The minimum Gasteiger partial charge on any atom is -0.352 e. The van der Waals surface area contributed by atoms with E-state index in [1.807, 2.05) is 56.3 Å². The fourth-order valence-corrected chi connectivity index (χ4v) is 2.98. The van der Waals surface area contributed by atoms with E-state index in [1.54, 1.807) is 10.9 Å². The number of nitrogens with one attached hydrogen (secondary N) is 1. The first kappa shape index (κ1) is 18.9. The highest BCUT2D eigenvalue weighted by Crippen LogP contribution is 2.27. The number of nitrogens with zero attached hydrogens (tertiary/aromatic N) is 2. The summed E-state index contributed by atoms with van der Waals surface area (Å²) in [5, 5.41) is 7.72. The standard InChI is InChI=1S/C22H26N4O/c1-15-9-10-19(17(3)11-15)21-20(22(27)24-13-16(2)12-23)14-26(25-21)18-7-5-4-6-8-18/h4-11,14,16H,12-13,23H2,1-3H3,(H,24,27). The molecule has 2 aromatic carbocycles. The second-order valence-corrected chi connectivity index (χ2v) is 7.04. The van der Waals surface area contributed by atoms with Gasteiger partial charge in [-0.2, -0.15) is 5.10 Å². The van der Waals surface area contributed by atoms with Crippen LogP contribution in [0.1, 0.15) is 28.4 Å². The van der Waals surface area contributed by atoms with Crippen molar-refractivity contribution >= 4 is 5.91 Å². The second kappa shape index (κ2) is 8.18. The number of carbonyl (C=O) groups excluding carboxylic acids is 1. The SMILES string of the molecule is Cc1ccc(-c2nn(-c3ccccc3)cc2C(=O)NCC(C)CN)c(C)c1. The van der Waals surface area contributed by atoms with Gasteiger partial charge in [-0.3, -0.25) is 4.79 Å². The van der Waals surface area contributed by atoms with Crippen molar-refractivity contribution in [3.8, 4) is 16.9 Å². The third-order valence-corrected chi connectivity index (χ3v) is 4.63. The number of carbonyl (C=O) groups is 1. The first-order valence-corrected chi connectivity index (χ1v) is 9.20. The van der Waals surface area contributed by atoms with E-state index in [-0.39, 0.29) is 11.8 Å². The predicted molar refractivity (Wildman–Crippen MR) is 109 cm³/mol. The Hall–Kier alpha value is -2.92.